The average Bonchev–Trinajstić information content (AvgIpc) is 3.09. The third-order valence-electron chi connectivity index (χ3n) is 4.05. The van der Waals surface area contributed by atoms with Gasteiger partial charge in [0.1, 0.15) is 11.5 Å². The summed E-state index contributed by atoms with van der Waals surface area (Å²) in [6.45, 7) is 1.10. The smallest absolute Gasteiger partial charge is 0.306 e. The van der Waals surface area contributed by atoms with E-state index in [1.54, 1.807) is 37.3 Å². The summed E-state index contributed by atoms with van der Waals surface area (Å²) in [5, 5.41) is 10.6. The minimum absolute atomic E-state index is 0.268. The molecule has 10 heteroatoms. The number of hydrogen-bond donors (Lipinski definition) is 2. The van der Waals surface area contributed by atoms with E-state index in [0.717, 1.165) is 0 Å². The number of pyridine rings is 1. The maximum Gasteiger partial charge on any atom is 0.306 e. The van der Waals surface area contributed by atoms with Crippen LogP contribution in [-0.4, -0.2) is 31.1 Å². The first-order chi connectivity index (χ1) is 13.9. The number of aromatic nitrogens is 5. The Hall–Kier alpha value is -3.33. The summed E-state index contributed by atoms with van der Waals surface area (Å²) in [7, 11) is 0. The first-order valence-corrected chi connectivity index (χ1v) is 9.09. The van der Waals surface area contributed by atoms with Crippen LogP contribution < -0.4 is 10.6 Å². The second-order valence-corrected chi connectivity index (χ2v) is 6.77. The molecule has 0 atom stereocenters. The molecule has 29 heavy (non-hydrogen) atoms. The third kappa shape index (κ3) is 4.24. The first kappa shape index (κ1) is 19.0. The van der Waals surface area contributed by atoms with Crippen molar-refractivity contribution in [3.05, 3.63) is 71.1 Å². The molecule has 1 aromatic carbocycles. The van der Waals surface area contributed by atoms with Crippen molar-refractivity contribution in [2.24, 2.45) is 0 Å². The van der Waals surface area contributed by atoms with Crippen LogP contribution in [0.15, 0.2) is 54.7 Å². The lowest BCUT2D eigenvalue weighted by atomic mass is 10.2. The number of benzene rings is 1. The molecule has 4 aromatic rings. The van der Waals surface area contributed by atoms with Crippen LogP contribution in [0.3, 0.4) is 0 Å². The maximum atomic E-state index is 14.5. The zero-order valence-corrected chi connectivity index (χ0v) is 16.0. The highest BCUT2D eigenvalue weighted by Gasteiger charge is 2.33. The molecule has 4 rings (SSSR count). The standard InChI is InChI=1S/C19H16ClF2N7/c1-12-9-16(24-11-19(21,22)15-7-2-3-8-23-15)29-18(25-12)27-17(28-29)26-14-6-4-5-13(20)10-14/h2-10,24H,11H2,1H3,(H,26,28). The van der Waals surface area contributed by atoms with E-state index in [4.69, 9.17) is 11.6 Å². The van der Waals surface area contributed by atoms with Gasteiger partial charge in [-0.2, -0.15) is 18.3 Å². The zero-order chi connectivity index (χ0) is 20.4. The minimum atomic E-state index is -3.16. The molecular formula is C19H16ClF2N7. The molecule has 0 aliphatic heterocycles. The van der Waals surface area contributed by atoms with E-state index < -0.39 is 12.5 Å². The molecule has 0 amide bonds. The van der Waals surface area contributed by atoms with Gasteiger partial charge in [-0.05, 0) is 37.3 Å². The van der Waals surface area contributed by atoms with E-state index in [0.29, 0.717) is 22.2 Å². The summed E-state index contributed by atoms with van der Waals surface area (Å²) in [6.07, 6.45) is 1.34. The van der Waals surface area contributed by atoms with Gasteiger partial charge in [-0.3, -0.25) is 4.98 Å². The molecule has 0 bridgehead atoms. The van der Waals surface area contributed by atoms with Crippen LogP contribution in [-0.2, 0) is 5.92 Å². The Labute approximate surface area is 169 Å². The van der Waals surface area contributed by atoms with E-state index in [1.165, 1.54) is 22.8 Å². The van der Waals surface area contributed by atoms with Crippen LogP contribution in [0.1, 0.15) is 11.4 Å². The van der Waals surface area contributed by atoms with Gasteiger partial charge in [0.25, 0.3) is 5.78 Å². The minimum Gasteiger partial charge on any atom is -0.363 e. The molecular weight excluding hydrogens is 400 g/mol. The molecule has 2 N–H and O–H groups in total. The summed E-state index contributed by atoms with van der Waals surface area (Å²) in [5.74, 6) is -2.27. The number of aryl methyl sites for hydroxylation is 1. The Balaban J connectivity index is 1.60. The quantitative estimate of drug-likeness (QED) is 0.485. The number of alkyl halides is 2. The van der Waals surface area contributed by atoms with Crippen LogP contribution in [0.25, 0.3) is 5.78 Å². The second-order valence-electron chi connectivity index (χ2n) is 6.34. The normalized spacial score (nSPS) is 11.6. The third-order valence-corrected chi connectivity index (χ3v) is 4.29. The van der Waals surface area contributed by atoms with Crippen molar-refractivity contribution in [3.8, 4) is 0 Å². The number of fused-ring (bicyclic) bond motifs is 1. The fraction of sp³-hybridized carbons (Fsp3) is 0.158. The number of nitrogens with one attached hydrogen (secondary N) is 2. The highest BCUT2D eigenvalue weighted by atomic mass is 35.5. The van der Waals surface area contributed by atoms with Crippen molar-refractivity contribution < 1.29 is 8.78 Å². The van der Waals surface area contributed by atoms with E-state index in [1.807, 2.05) is 6.07 Å². The molecule has 0 aliphatic rings. The Morgan fingerprint density at radius 2 is 1.97 bits per heavy atom. The molecule has 3 heterocycles. The highest BCUT2D eigenvalue weighted by molar-refractivity contribution is 6.30. The summed E-state index contributed by atoms with van der Waals surface area (Å²) >= 11 is 5.99. The lowest BCUT2D eigenvalue weighted by Crippen LogP contribution is -2.26. The van der Waals surface area contributed by atoms with E-state index in [-0.39, 0.29) is 17.4 Å². The van der Waals surface area contributed by atoms with Crippen molar-refractivity contribution in [2.75, 3.05) is 17.2 Å². The number of rotatable bonds is 6. The molecule has 0 spiro atoms. The van der Waals surface area contributed by atoms with E-state index in [2.05, 4.69) is 30.7 Å². The van der Waals surface area contributed by atoms with Crippen molar-refractivity contribution in [2.45, 2.75) is 12.8 Å². The molecule has 7 nitrogen and oxygen atoms in total. The maximum absolute atomic E-state index is 14.5. The lowest BCUT2D eigenvalue weighted by Gasteiger charge is -2.17. The predicted octanol–water partition coefficient (Wildman–Crippen LogP) is 4.43. The monoisotopic (exact) mass is 415 g/mol. The number of nitrogens with zero attached hydrogens (tertiary/aromatic N) is 5. The SMILES string of the molecule is Cc1cc(NCC(F)(F)c2ccccn2)n2nc(Nc3cccc(Cl)c3)nc2n1. The van der Waals surface area contributed by atoms with Gasteiger partial charge in [0.2, 0.25) is 5.95 Å². The van der Waals surface area contributed by atoms with Crippen molar-refractivity contribution in [3.63, 3.8) is 0 Å². The van der Waals surface area contributed by atoms with Crippen LogP contribution >= 0.6 is 11.6 Å². The van der Waals surface area contributed by atoms with Crippen LogP contribution in [0, 0.1) is 6.92 Å². The van der Waals surface area contributed by atoms with Crippen LogP contribution in [0.2, 0.25) is 5.02 Å². The topological polar surface area (TPSA) is 80.0 Å². The van der Waals surface area contributed by atoms with Gasteiger partial charge >= 0.3 is 5.92 Å². The molecule has 3 aromatic heterocycles. The fourth-order valence-electron chi connectivity index (χ4n) is 2.73. The molecule has 0 unspecified atom stereocenters. The Morgan fingerprint density at radius 3 is 2.72 bits per heavy atom. The summed E-state index contributed by atoms with van der Waals surface area (Å²) in [4.78, 5) is 12.4. The van der Waals surface area contributed by atoms with Crippen molar-refractivity contribution in [1.82, 2.24) is 24.6 Å². The summed E-state index contributed by atoms with van der Waals surface area (Å²) < 4.78 is 30.3. The second kappa shape index (κ2) is 7.59. The van der Waals surface area contributed by atoms with Gasteiger partial charge in [-0.1, -0.05) is 23.7 Å². The first-order valence-electron chi connectivity index (χ1n) is 8.71. The number of hydrogen-bond acceptors (Lipinski definition) is 6. The largest absolute Gasteiger partial charge is 0.363 e. The molecule has 0 aliphatic carbocycles. The van der Waals surface area contributed by atoms with E-state index in [9.17, 15) is 8.78 Å². The van der Waals surface area contributed by atoms with Gasteiger partial charge in [0.15, 0.2) is 0 Å². The summed E-state index contributed by atoms with van der Waals surface area (Å²) in [6, 6.07) is 13.1. The molecule has 0 radical (unpaired) electrons. The average molecular weight is 416 g/mol. The molecule has 0 fully saturated rings. The predicted molar refractivity (Wildman–Crippen MR) is 107 cm³/mol. The van der Waals surface area contributed by atoms with Crippen molar-refractivity contribution in [1.29, 1.82) is 0 Å². The van der Waals surface area contributed by atoms with Gasteiger partial charge in [-0.25, -0.2) is 4.98 Å². The van der Waals surface area contributed by atoms with Gasteiger partial charge < -0.3 is 10.6 Å². The fourth-order valence-corrected chi connectivity index (χ4v) is 2.92. The number of anilines is 3. The van der Waals surface area contributed by atoms with Gasteiger partial charge in [-0.15, -0.1) is 5.10 Å². The zero-order valence-electron chi connectivity index (χ0n) is 15.3. The highest BCUT2D eigenvalue weighted by Crippen LogP contribution is 2.27. The Bertz CT molecular complexity index is 1150. The number of halogens is 3. The molecule has 0 saturated carbocycles. The molecule has 0 saturated heterocycles. The molecule has 148 valence electrons. The summed E-state index contributed by atoms with van der Waals surface area (Å²) in [5.41, 5.74) is 1.00. The van der Waals surface area contributed by atoms with Gasteiger partial charge in [0, 0.05) is 28.7 Å². The van der Waals surface area contributed by atoms with Crippen LogP contribution in [0.5, 0.6) is 0 Å². The Morgan fingerprint density at radius 1 is 1.10 bits per heavy atom. The van der Waals surface area contributed by atoms with Gasteiger partial charge in [0.05, 0.1) is 6.54 Å². The Kier molecular flexibility index (Phi) is 4.98. The van der Waals surface area contributed by atoms with Crippen LogP contribution in [0.4, 0.5) is 26.2 Å². The van der Waals surface area contributed by atoms with E-state index >= 15 is 0 Å². The lowest BCUT2D eigenvalue weighted by molar-refractivity contribution is 0.00588. The van der Waals surface area contributed by atoms with Crippen molar-refractivity contribution >= 4 is 34.8 Å².